The van der Waals surface area contributed by atoms with E-state index in [0.717, 1.165) is 31.9 Å². The van der Waals surface area contributed by atoms with E-state index in [9.17, 15) is 14.3 Å². The smallest absolute Gasteiger partial charge is 0.252 e. The maximum absolute atomic E-state index is 12.9. The van der Waals surface area contributed by atoms with Crippen LogP contribution in [0, 0.1) is 11.7 Å². The topological polar surface area (TPSA) is 62.2 Å². The molecule has 1 fully saturated rings. The number of aliphatic hydroxyl groups excluding tert-OH is 1. The van der Waals surface area contributed by atoms with Crippen molar-refractivity contribution in [3.8, 4) is 0 Å². The highest BCUT2D eigenvalue weighted by Gasteiger charge is 2.20. The van der Waals surface area contributed by atoms with Gasteiger partial charge in [-0.25, -0.2) is 4.39 Å². The summed E-state index contributed by atoms with van der Waals surface area (Å²) in [5.41, 5.74) is 0.242. The summed E-state index contributed by atoms with van der Waals surface area (Å²) in [5.74, 6) is -0.407. The third-order valence-electron chi connectivity index (χ3n) is 3.33. The fraction of sp³-hybridized carbons (Fsp3) is 0.538. The van der Waals surface area contributed by atoms with Crippen molar-refractivity contribution in [2.75, 3.05) is 6.54 Å². The molecule has 0 atom stereocenters. The van der Waals surface area contributed by atoms with E-state index >= 15 is 0 Å². The molecule has 0 bridgehead atoms. The van der Waals surface area contributed by atoms with Crippen molar-refractivity contribution in [3.63, 3.8) is 0 Å². The first-order valence-electron chi connectivity index (χ1n) is 6.22. The van der Waals surface area contributed by atoms with Gasteiger partial charge in [0.2, 0.25) is 0 Å². The highest BCUT2D eigenvalue weighted by atomic mass is 19.1. The molecule has 2 N–H and O–H groups in total. The largest absolute Gasteiger partial charge is 0.393 e. The number of nitrogens with zero attached hydrogens (tertiary/aromatic N) is 1. The molecule has 1 amide bonds. The zero-order valence-electron chi connectivity index (χ0n) is 10.1. The molecule has 98 valence electrons. The number of hydrogen-bond donors (Lipinski definition) is 2. The van der Waals surface area contributed by atoms with Crippen LogP contribution in [0.2, 0.25) is 0 Å². The lowest BCUT2D eigenvalue weighted by molar-refractivity contribution is 0.0909. The van der Waals surface area contributed by atoms with Gasteiger partial charge in [0.05, 0.1) is 17.9 Å². The Bertz CT molecular complexity index is 417. The molecule has 0 unspecified atom stereocenters. The Balaban J connectivity index is 1.81. The Kier molecular flexibility index (Phi) is 4.25. The maximum atomic E-state index is 12.9. The summed E-state index contributed by atoms with van der Waals surface area (Å²) in [7, 11) is 0. The van der Waals surface area contributed by atoms with E-state index in [1.165, 1.54) is 12.3 Å². The van der Waals surface area contributed by atoms with E-state index in [1.807, 2.05) is 0 Å². The Morgan fingerprint density at radius 2 is 2.11 bits per heavy atom. The predicted octanol–water partition coefficient (Wildman–Crippen LogP) is 1.50. The monoisotopic (exact) mass is 252 g/mol. The number of pyridine rings is 1. The van der Waals surface area contributed by atoms with Gasteiger partial charge in [-0.2, -0.15) is 0 Å². The fourth-order valence-corrected chi connectivity index (χ4v) is 2.22. The molecule has 0 aromatic carbocycles. The first-order chi connectivity index (χ1) is 8.65. The van der Waals surface area contributed by atoms with E-state index in [4.69, 9.17) is 0 Å². The minimum atomic E-state index is -0.511. The number of hydrogen-bond acceptors (Lipinski definition) is 3. The van der Waals surface area contributed by atoms with Gasteiger partial charge >= 0.3 is 0 Å². The van der Waals surface area contributed by atoms with Crippen LogP contribution in [0.4, 0.5) is 4.39 Å². The Hall–Kier alpha value is -1.49. The number of nitrogens with one attached hydrogen (secondary N) is 1. The second kappa shape index (κ2) is 5.91. The average molecular weight is 252 g/mol. The third-order valence-corrected chi connectivity index (χ3v) is 3.33. The maximum Gasteiger partial charge on any atom is 0.252 e. The number of aromatic nitrogens is 1. The summed E-state index contributed by atoms with van der Waals surface area (Å²) in [6.45, 7) is 0.571. The van der Waals surface area contributed by atoms with Gasteiger partial charge in [-0.15, -0.1) is 0 Å². The molecule has 1 saturated carbocycles. The minimum absolute atomic E-state index is 0.190. The molecule has 0 radical (unpaired) electrons. The van der Waals surface area contributed by atoms with Crippen LogP contribution < -0.4 is 5.32 Å². The third kappa shape index (κ3) is 3.50. The molecule has 1 heterocycles. The standard InChI is InChI=1S/C13H17FN2O2/c14-11-5-10(7-15-8-11)13(18)16-6-9-1-3-12(17)4-2-9/h5,7-9,12,17H,1-4,6H2,(H,16,18). The van der Waals surface area contributed by atoms with Crippen LogP contribution >= 0.6 is 0 Å². The molecule has 18 heavy (non-hydrogen) atoms. The lowest BCUT2D eigenvalue weighted by Crippen LogP contribution is -2.32. The van der Waals surface area contributed by atoms with Crippen molar-refractivity contribution in [2.24, 2.45) is 5.92 Å². The van der Waals surface area contributed by atoms with E-state index in [1.54, 1.807) is 0 Å². The molecule has 0 aliphatic heterocycles. The zero-order chi connectivity index (χ0) is 13.0. The number of carbonyl (C=O) groups is 1. The molecule has 0 saturated heterocycles. The fourth-order valence-electron chi connectivity index (χ4n) is 2.22. The predicted molar refractivity (Wildman–Crippen MR) is 64.5 cm³/mol. The van der Waals surface area contributed by atoms with Gasteiger partial charge in [-0.3, -0.25) is 9.78 Å². The van der Waals surface area contributed by atoms with Crippen LogP contribution in [0.15, 0.2) is 18.5 Å². The van der Waals surface area contributed by atoms with Crippen molar-refractivity contribution < 1.29 is 14.3 Å². The minimum Gasteiger partial charge on any atom is -0.393 e. The van der Waals surface area contributed by atoms with Crippen molar-refractivity contribution >= 4 is 5.91 Å². The second-order valence-corrected chi connectivity index (χ2v) is 4.78. The van der Waals surface area contributed by atoms with E-state index in [-0.39, 0.29) is 17.6 Å². The van der Waals surface area contributed by atoms with Crippen molar-refractivity contribution in [2.45, 2.75) is 31.8 Å². The average Bonchev–Trinajstić information content (AvgIpc) is 2.38. The first kappa shape index (κ1) is 13.0. The van der Waals surface area contributed by atoms with Gasteiger partial charge in [0.15, 0.2) is 0 Å². The van der Waals surface area contributed by atoms with Crippen LogP contribution in [0.5, 0.6) is 0 Å². The molecule has 0 spiro atoms. The number of amides is 1. The van der Waals surface area contributed by atoms with Crippen LogP contribution in [0.1, 0.15) is 36.0 Å². The summed E-state index contributed by atoms with van der Waals surface area (Å²) in [5, 5.41) is 12.2. The molecule has 5 heteroatoms. The number of aliphatic hydroxyl groups is 1. The van der Waals surface area contributed by atoms with E-state index < -0.39 is 5.82 Å². The quantitative estimate of drug-likeness (QED) is 0.857. The number of carbonyl (C=O) groups excluding carboxylic acids is 1. The summed E-state index contributed by atoms with van der Waals surface area (Å²) in [6, 6.07) is 1.17. The normalized spacial score (nSPS) is 23.7. The van der Waals surface area contributed by atoms with Gasteiger partial charge in [-0.1, -0.05) is 0 Å². The summed E-state index contributed by atoms with van der Waals surface area (Å²) in [4.78, 5) is 15.4. The van der Waals surface area contributed by atoms with Crippen LogP contribution in [-0.4, -0.2) is 28.6 Å². The highest BCUT2D eigenvalue weighted by molar-refractivity contribution is 5.93. The molecule has 1 aromatic rings. The van der Waals surface area contributed by atoms with Gasteiger partial charge in [-0.05, 0) is 37.7 Å². The van der Waals surface area contributed by atoms with Crippen LogP contribution in [0.3, 0.4) is 0 Å². The van der Waals surface area contributed by atoms with Crippen molar-refractivity contribution in [1.82, 2.24) is 10.3 Å². The molecular formula is C13H17FN2O2. The molecule has 4 nitrogen and oxygen atoms in total. The van der Waals surface area contributed by atoms with Gasteiger partial charge in [0.1, 0.15) is 5.82 Å². The first-order valence-corrected chi connectivity index (χ1v) is 6.22. The molecule has 2 rings (SSSR count). The summed E-state index contributed by atoms with van der Waals surface area (Å²) in [6.07, 6.45) is 5.65. The lowest BCUT2D eigenvalue weighted by Gasteiger charge is -2.25. The molecular weight excluding hydrogens is 235 g/mol. The van der Waals surface area contributed by atoms with Crippen LogP contribution in [0.25, 0.3) is 0 Å². The van der Waals surface area contributed by atoms with Crippen molar-refractivity contribution in [1.29, 1.82) is 0 Å². The zero-order valence-corrected chi connectivity index (χ0v) is 10.1. The van der Waals surface area contributed by atoms with Gasteiger partial charge in [0, 0.05) is 12.7 Å². The van der Waals surface area contributed by atoms with Crippen LogP contribution in [-0.2, 0) is 0 Å². The van der Waals surface area contributed by atoms with E-state index in [2.05, 4.69) is 10.3 Å². The molecule has 1 aromatic heterocycles. The molecule has 1 aliphatic rings. The summed E-state index contributed by atoms with van der Waals surface area (Å²) < 4.78 is 12.9. The van der Waals surface area contributed by atoms with Gasteiger partial charge < -0.3 is 10.4 Å². The Morgan fingerprint density at radius 1 is 1.39 bits per heavy atom. The van der Waals surface area contributed by atoms with Crippen molar-refractivity contribution in [3.05, 3.63) is 29.8 Å². The SMILES string of the molecule is O=C(NCC1CCC(O)CC1)c1cncc(F)c1. The van der Waals surface area contributed by atoms with E-state index in [0.29, 0.717) is 12.5 Å². The highest BCUT2D eigenvalue weighted by Crippen LogP contribution is 2.23. The number of rotatable bonds is 3. The van der Waals surface area contributed by atoms with Gasteiger partial charge in [0.25, 0.3) is 5.91 Å². The Morgan fingerprint density at radius 3 is 2.78 bits per heavy atom. The second-order valence-electron chi connectivity index (χ2n) is 4.78. The summed E-state index contributed by atoms with van der Waals surface area (Å²) >= 11 is 0. The molecule has 1 aliphatic carbocycles. The number of halogens is 1. The Labute approximate surface area is 105 Å². The lowest BCUT2D eigenvalue weighted by atomic mass is 9.87.